The molecule has 0 aromatic rings. The van der Waals surface area contributed by atoms with Crippen molar-refractivity contribution in [3.63, 3.8) is 0 Å². The Bertz CT molecular complexity index is 256. The van der Waals surface area contributed by atoms with Gasteiger partial charge in [-0.05, 0) is 12.5 Å². The minimum atomic E-state index is 0.189. The molecule has 0 radical (unpaired) electrons. The molecule has 15 heavy (non-hydrogen) atoms. The summed E-state index contributed by atoms with van der Waals surface area (Å²) in [6.07, 6.45) is 16.5. The zero-order chi connectivity index (χ0) is 11.4. The Kier molecular flexibility index (Phi) is 9.67. The van der Waals surface area contributed by atoms with E-state index in [0.717, 1.165) is 12.7 Å². The summed E-state index contributed by atoms with van der Waals surface area (Å²) in [6, 6.07) is 0. The Hall–Kier alpha value is -1.41. The van der Waals surface area contributed by atoms with E-state index in [2.05, 4.69) is 6.92 Å². The zero-order valence-corrected chi connectivity index (χ0v) is 9.30. The van der Waals surface area contributed by atoms with Crippen LogP contribution >= 0.6 is 0 Å². The number of ether oxygens (including phenoxy) is 1. The van der Waals surface area contributed by atoms with Gasteiger partial charge < -0.3 is 4.74 Å². The van der Waals surface area contributed by atoms with Crippen LogP contribution in [0.1, 0.15) is 13.3 Å². The summed E-state index contributed by atoms with van der Waals surface area (Å²) in [7, 11) is 1.70. The first-order valence-electron chi connectivity index (χ1n) is 5.00. The number of hydrogen-bond donors (Lipinski definition) is 0. The third-order valence-corrected chi connectivity index (χ3v) is 1.78. The van der Waals surface area contributed by atoms with Crippen molar-refractivity contribution in [1.82, 2.24) is 0 Å². The molecule has 0 spiro atoms. The van der Waals surface area contributed by atoms with E-state index in [0.29, 0.717) is 0 Å². The summed E-state index contributed by atoms with van der Waals surface area (Å²) < 4.78 is 5.17. The summed E-state index contributed by atoms with van der Waals surface area (Å²) in [5, 5.41) is 0. The maximum Gasteiger partial charge on any atom is 0.142 e. The maximum atomic E-state index is 9.92. The standard InChI is InChI=1S/C13H18O2/c1-3-13(15-2)11-9-7-5-4-6-8-10-12-14/h4-13H,3H2,1-2H3/b6-4+,7-5+,10-8+,11-9+. The molecule has 0 aliphatic carbocycles. The molecule has 0 rings (SSSR count). The first-order valence-corrected chi connectivity index (χ1v) is 5.00. The molecular formula is C13H18O2. The van der Waals surface area contributed by atoms with Gasteiger partial charge in [0.25, 0.3) is 0 Å². The molecule has 0 heterocycles. The summed E-state index contributed by atoms with van der Waals surface area (Å²) in [5.74, 6) is 0. The Morgan fingerprint density at radius 2 is 1.53 bits per heavy atom. The second kappa shape index (κ2) is 10.7. The van der Waals surface area contributed by atoms with Gasteiger partial charge in [-0.15, -0.1) is 0 Å². The molecule has 0 N–H and O–H groups in total. The van der Waals surface area contributed by atoms with Crippen LogP contribution in [0.5, 0.6) is 0 Å². The largest absolute Gasteiger partial charge is 0.377 e. The number of rotatable bonds is 7. The Labute approximate surface area is 91.6 Å². The number of carbonyl (C=O) groups is 1. The lowest BCUT2D eigenvalue weighted by Crippen LogP contribution is -2.03. The minimum absolute atomic E-state index is 0.189. The number of aldehydes is 1. The van der Waals surface area contributed by atoms with E-state index in [1.54, 1.807) is 19.3 Å². The van der Waals surface area contributed by atoms with Gasteiger partial charge in [0.05, 0.1) is 6.10 Å². The van der Waals surface area contributed by atoms with E-state index in [1.807, 2.05) is 30.4 Å². The molecule has 2 nitrogen and oxygen atoms in total. The molecular weight excluding hydrogens is 188 g/mol. The number of methoxy groups -OCH3 is 1. The zero-order valence-electron chi connectivity index (χ0n) is 9.30. The van der Waals surface area contributed by atoms with Gasteiger partial charge in [-0.1, -0.05) is 49.5 Å². The van der Waals surface area contributed by atoms with E-state index < -0.39 is 0 Å². The van der Waals surface area contributed by atoms with E-state index in [1.165, 1.54) is 6.08 Å². The van der Waals surface area contributed by atoms with E-state index in [9.17, 15) is 4.79 Å². The van der Waals surface area contributed by atoms with Crippen molar-refractivity contribution in [1.29, 1.82) is 0 Å². The van der Waals surface area contributed by atoms with Crippen LogP contribution in [0.3, 0.4) is 0 Å². The van der Waals surface area contributed by atoms with Crippen molar-refractivity contribution in [3.8, 4) is 0 Å². The lowest BCUT2D eigenvalue weighted by molar-refractivity contribution is -0.104. The van der Waals surface area contributed by atoms with Gasteiger partial charge in [-0.25, -0.2) is 0 Å². The number of carbonyl (C=O) groups excluding carboxylic acids is 1. The summed E-state index contributed by atoms with van der Waals surface area (Å²) in [4.78, 5) is 9.92. The minimum Gasteiger partial charge on any atom is -0.377 e. The van der Waals surface area contributed by atoms with Crippen molar-refractivity contribution >= 4 is 6.29 Å². The molecule has 82 valence electrons. The molecule has 1 atom stereocenters. The highest BCUT2D eigenvalue weighted by molar-refractivity contribution is 5.65. The van der Waals surface area contributed by atoms with Crippen LogP contribution in [-0.4, -0.2) is 19.5 Å². The fourth-order valence-corrected chi connectivity index (χ4v) is 0.936. The van der Waals surface area contributed by atoms with E-state index in [-0.39, 0.29) is 6.10 Å². The lowest BCUT2D eigenvalue weighted by atomic mass is 10.2. The Morgan fingerprint density at radius 1 is 1.00 bits per heavy atom. The number of allylic oxidation sites excluding steroid dienone is 7. The van der Waals surface area contributed by atoms with Crippen LogP contribution in [0.15, 0.2) is 48.6 Å². The van der Waals surface area contributed by atoms with Crippen molar-refractivity contribution < 1.29 is 9.53 Å². The molecule has 0 aliphatic rings. The van der Waals surface area contributed by atoms with Crippen molar-refractivity contribution in [2.75, 3.05) is 7.11 Å². The van der Waals surface area contributed by atoms with Crippen molar-refractivity contribution in [2.24, 2.45) is 0 Å². The smallest absolute Gasteiger partial charge is 0.142 e. The fraction of sp³-hybridized carbons (Fsp3) is 0.308. The quantitative estimate of drug-likeness (QED) is 0.364. The predicted molar refractivity (Wildman–Crippen MR) is 63.7 cm³/mol. The SMILES string of the molecule is CCC(/C=C/C=C/C=C/C=C/C=O)OC. The van der Waals surface area contributed by atoms with E-state index >= 15 is 0 Å². The van der Waals surface area contributed by atoms with Gasteiger partial charge in [0.2, 0.25) is 0 Å². The molecule has 0 saturated carbocycles. The summed E-state index contributed by atoms with van der Waals surface area (Å²) in [5.41, 5.74) is 0. The monoisotopic (exact) mass is 206 g/mol. The Balaban J connectivity index is 3.83. The van der Waals surface area contributed by atoms with Gasteiger partial charge in [0.15, 0.2) is 0 Å². The highest BCUT2D eigenvalue weighted by atomic mass is 16.5. The maximum absolute atomic E-state index is 9.92. The summed E-state index contributed by atoms with van der Waals surface area (Å²) in [6.45, 7) is 2.08. The van der Waals surface area contributed by atoms with Gasteiger partial charge in [-0.3, -0.25) is 4.79 Å². The lowest BCUT2D eigenvalue weighted by Gasteiger charge is -2.04. The fourth-order valence-electron chi connectivity index (χ4n) is 0.936. The average Bonchev–Trinajstić information content (AvgIpc) is 2.27. The van der Waals surface area contributed by atoms with Gasteiger partial charge >= 0.3 is 0 Å². The third-order valence-electron chi connectivity index (χ3n) is 1.78. The number of hydrogen-bond acceptors (Lipinski definition) is 2. The average molecular weight is 206 g/mol. The van der Waals surface area contributed by atoms with Gasteiger partial charge in [-0.2, -0.15) is 0 Å². The molecule has 2 heteroatoms. The second-order valence-corrected chi connectivity index (χ2v) is 2.86. The van der Waals surface area contributed by atoms with Crippen LogP contribution in [-0.2, 0) is 9.53 Å². The molecule has 0 fully saturated rings. The predicted octanol–water partition coefficient (Wildman–Crippen LogP) is 2.84. The topological polar surface area (TPSA) is 26.3 Å². The molecule has 1 unspecified atom stereocenters. The molecule has 0 aliphatic heterocycles. The molecule has 0 aromatic carbocycles. The van der Waals surface area contributed by atoms with Crippen LogP contribution in [0.4, 0.5) is 0 Å². The van der Waals surface area contributed by atoms with Gasteiger partial charge in [0.1, 0.15) is 6.29 Å². The van der Waals surface area contributed by atoms with Crippen LogP contribution in [0, 0.1) is 0 Å². The molecule has 0 amide bonds. The normalized spacial score (nSPS) is 14.8. The van der Waals surface area contributed by atoms with E-state index in [4.69, 9.17) is 4.74 Å². The van der Waals surface area contributed by atoms with Crippen LogP contribution in [0.25, 0.3) is 0 Å². The van der Waals surface area contributed by atoms with Gasteiger partial charge in [0, 0.05) is 7.11 Å². The first kappa shape index (κ1) is 13.6. The summed E-state index contributed by atoms with van der Waals surface area (Å²) >= 11 is 0. The molecule has 0 saturated heterocycles. The van der Waals surface area contributed by atoms with Crippen LogP contribution in [0.2, 0.25) is 0 Å². The first-order chi connectivity index (χ1) is 7.35. The third kappa shape index (κ3) is 8.91. The molecule has 0 bridgehead atoms. The Morgan fingerprint density at radius 3 is 2.00 bits per heavy atom. The molecule has 0 aromatic heterocycles. The highest BCUT2D eigenvalue weighted by Crippen LogP contribution is 1.97. The highest BCUT2D eigenvalue weighted by Gasteiger charge is 1.94. The van der Waals surface area contributed by atoms with Crippen molar-refractivity contribution in [2.45, 2.75) is 19.4 Å². The second-order valence-electron chi connectivity index (χ2n) is 2.86. The van der Waals surface area contributed by atoms with Crippen LogP contribution < -0.4 is 0 Å². The van der Waals surface area contributed by atoms with Crippen molar-refractivity contribution in [3.05, 3.63) is 48.6 Å².